The molecule has 1 aromatic heterocycles. The Morgan fingerprint density at radius 1 is 1.31 bits per heavy atom. The predicted molar refractivity (Wildman–Crippen MR) is 111 cm³/mol. The van der Waals surface area contributed by atoms with Crippen LogP contribution in [0.3, 0.4) is 0 Å². The number of aromatic nitrogens is 3. The summed E-state index contributed by atoms with van der Waals surface area (Å²) in [6.07, 6.45) is 2.17. The summed E-state index contributed by atoms with van der Waals surface area (Å²) in [5.74, 6) is -0.849. The minimum atomic E-state index is -3.58. The monoisotopic (exact) mass is 465 g/mol. The summed E-state index contributed by atoms with van der Waals surface area (Å²) in [5, 5.41) is 8.66. The molecule has 2 N–H and O–H groups in total. The van der Waals surface area contributed by atoms with Crippen LogP contribution >= 0.6 is 0 Å². The number of ether oxygens (including phenoxy) is 1. The number of carbonyl (C=O) groups excluding carboxylic acids is 2. The number of aromatic amines is 1. The quantitative estimate of drug-likeness (QED) is 0.508. The third-order valence-corrected chi connectivity index (χ3v) is 7.04. The van der Waals surface area contributed by atoms with Crippen molar-refractivity contribution in [3.8, 4) is 5.75 Å². The number of hydrogen-bond donors (Lipinski definition) is 2. The van der Waals surface area contributed by atoms with Gasteiger partial charge in [0.1, 0.15) is 18.1 Å². The van der Waals surface area contributed by atoms with Gasteiger partial charge < -0.3 is 9.64 Å². The van der Waals surface area contributed by atoms with E-state index in [1.165, 1.54) is 11.0 Å². The summed E-state index contributed by atoms with van der Waals surface area (Å²) in [6.45, 7) is 2.14. The second kappa shape index (κ2) is 8.85. The minimum Gasteiger partial charge on any atom is -0.490 e. The highest BCUT2D eigenvalue weighted by Crippen LogP contribution is 2.31. The number of nitrogens with one attached hydrogen (secondary N) is 2. The van der Waals surface area contributed by atoms with Crippen LogP contribution in [-0.4, -0.2) is 59.3 Å². The van der Waals surface area contributed by atoms with Gasteiger partial charge in [-0.2, -0.15) is 5.10 Å². The Bertz CT molecular complexity index is 1130. The van der Waals surface area contributed by atoms with Gasteiger partial charge in [-0.3, -0.25) is 15.2 Å². The lowest BCUT2D eigenvalue weighted by Gasteiger charge is -2.14. The Hall–Kier alpha value is -3.02. The van der Waals surface area contributed by atoms with Gasteiger partial charge in [0.25, 0.3) is 0 Å². The lowest BCUT2D eigenvalue weighted by Crippen LogP contribution is -2.28. The Morgan fingerprint density at radius 2 is 2.09 bits per heavy atom. The lowest BCUT2D eigenvalue weighted by atomic mass is 10.0. The summed E-state index contributed by atoms with van der Waals surface area (Å²) in [4.78, 5) is 28.2. The van der Waals surface area contributed by atoms with Gasteiger partial charge in [-0.05, 0) is 42.4 Å². The smallest absolute Gasteiger partial charge is 0.324 e. The number of H-pyrrole nitrogens is 1. The largest absolute Gasteiger partial charge is 0.490 e. The number of sulfone groups is 1. The molecule has 2 fully saturated rings. The van der Waals surface area contributed by atoms with E-state index in [2.05, 4.69) is 20.5 Å². The number of halogens is 1. The van der Waals surface area contributed by atoms with Gasteiger partial charge in [0.05, 0.1) is 18.9 Å². The van der Waals surface area contributed by atoms with Gasteiger partial charge >= 0.3 is 6.03 Å². The Morgan fingerprint density at radius 3 is 2.78 bits per heavy atom. The second-order valence-electron chi connectivity index (χ2n) is 8.31. The minimum absolute atomic E-state index is 0.0141. The van der Waals surface area contributed by atoms with Gasteiger partial charge in [-0.1, -0.05) is 13.0 Å². The molecule has 1 aliphatic heterocycles. The second-order valence-corrected chi connectivity index (χ2v) is 10.4. The van der Waals surface area contributed by atoms with Crippen molar-refractivity contribution >= 4 is 21.8 Å². The van der Waals surface area contributed by atoms with Crippen molar-refractivity contribution in [3.05, 3.63) is 41.2 Å². The number of amides is 3. The summed E-state index contributed by atoms with van der Waals surface area (Å²) < 4.78 is 44.9. The molecule has 4 rings (SSSR count). The Kier molecular flexibility index (Phi) is 6.13. The molecule has 2 aromatic rings. The summed E-state index contributed by atoms with van der Waals surface area (Å²) >= 11 is 0. The fourth-order valence-electron chi connectivity index (χ4n) is 3.42. The van der Waals surface area contributed by atoms with Crippen LogP contribution in [0.2, 0.25) is 0 Å². The molecule has 2 aliphatic rings. The van der Waals surface area contributed by atoms with Crippen molar-refractivity contribution in [1.29, 1.82) is 0 Å². The van der Waals surface area contributed by atoms with Crippen molar-refractivity contribution in [3.63, 3.8) is 0 Å². The van der Waals surface area contributed by atoms with Crippen molar-refractivity contribution < 1.29 is 27.1 Å². The van der Waals surface area contributed by atoms with E-state index >= 15 is 0 Å². The van der Waals surface area contributed by atoms with Gasteiger partial charge in [-0.15, -0.1) is 0 Å². The number of nitrogens with zero attached hydrogens (tertiary/aromatic N) is 3. The Balaban J connectivity index is 1.36. The normalized spacial score (nSPS) is 17.5. The van der Waals surface area contributed by atoms with E-state index in [1.54, 1.807) is 19.1 Å². The maximum atomic E-state index is 14.0. The number of rotatable bonds is 10. The van der Waals surface area contributed by atoms with Crippen molar-refractivity contribution in [1.82, 2.24) is 25.4 Å². The SMILES string of the molecule is C[C@@H](CS(=O)(=O)Cc1n[nH]c(CN2CC(=O)NC2=O)n1)c1ccc(F)c(OCC2CC2)c1. The first-order chi connectivity index (χ1) is 15.2. The van der Waals surface area contributed by atoms with Crippen LogP contribution in [0.1, 0.15) is 42.9 Å². The number of urea groups is 1. The molecule has 1 aromatic carbocycles. The molecule has 1 saturated heterocycles. The molecule has 32 heavy (non-hydrogen) atoms. The molecule has 1 saturated carbocycles. The van der Waals surface area contributed by atoms with Crippen LogP contribution in [0.15, 0.2) is 18.2 Å². The summed E-state index contributed by atoms with van der Waals surface area (Å²) in [5.41, 5.74) is 0.668. The first-order valence-corrected chi connectivity index (χ1v) is 12.1. The third-order valence-electron chi connectivity index (χ3n) is 5.34. The van der Waals surface area contributed by atoms with E-state index < -0.39 is 27.6 Å². The van der Waals surface area contributed by atoms with E-state index in [4.69, 9.17) is 4.74 Å². The molecule has 12 heteroatoms. The highest BCUT2D eigenvalue weighted by molar-refractivity contribution is 7.90. The van der Waals surface area contributed by atoms with E-state index in [0.717, 1.165) is 12.8 Å². The van der Waals surface area contributed by atoms with Crippen molar-refractivity contribution in [2.75, 3.05) is 18.9 Å². The maximum Gasteiger partial charge on any atom is 0.324 e. The van der Waals surface area contributed by atoms with Gasteiger partial charge in [0.15, 0.2) is 27.2 Å². The molecular weight excluding hydrogens is 441 g/mol. The number of carbonyl (C=O) groups is 2. The van der Waals surface area contributed by atoms with Crippen LogP contribution in [0, 0.1) is 11.7 Å². The number of hydrogen-bond acceptors (Lipinski definition) is 7. The van der Waals surface area contributed by atoms with Gasteiger partial charge in [0, 0.05) is 0 Å². The molecule has 0 unspecified atom stereocenters. The molecule has 0 radical (unpaired) electrons. The molecular formula is C20H24FN5O5S. The van der Waals surface area contributed by atoms with E-state index in [0.29, 0.717) is 18.1 Å². The highest BCUT2D eigenvalue weighted by Gasteiger charge is 2.28. The standard InChI is InChI=1S/C20H24FN5O5S/c1-12(14-4-5-15(21)16(6-14)31-9-13-2-3-13)10-32(29,30)11-18-22-17(24-25-18)7-26-8-19(27)23-20(26)28/h4-6,12-13H,2-3,7-11H2,1H3,(H,22,24,25)(H,23,27,28)/t12-/m0/s1. The number of benzene rings is 1. The molecule has 0 spiro atoms. The molecule has 10 nitrogen and oxygen atoms in total. The average Bonchev–Trinajstić information content (AvgIpc) is 3.36. The van der Waals surface area contributed by atoms with Crippen LogP contribution in [0.5, 0.6) is 5.75 Å². The highest BCUT2D eigenvalue weighted by atomic mass is 32.2. The van der Waals surface area contributed by atoms with Crippen LogP contribution < -0.4 is 10.1 Å². The number of imide groups is 1. The first kappa shape index (κ1) is 22.2. The summed E-state index contributed by atoms with van der Waals surface area (Å²) in [7, 11) is -3.58. The third kappa shape index (κ3) is 5.61. The van der Waals surface area contributed by atoms with E-state index in [1.807, 2.05) is 0 Å². The molecule has 1 atom stereocenters. The molecule has 2 heterocycles. The fraction of sp³-hybridized carbons (Fsp3) is 0.500. The van der Waals surface area contributed by atoms with Gasteiger partial charge in [0.2, 0.25) is 5.91 Å². The van der Waals surface area contributed by atoms with E-state index in [9.17, 15) is 22.4 Å². The van der Waals surface area contributed by atoms with Crippen LogP contribution in [0.4, 0.5) is 9.18 Å². The molecule has 3 amide bonds. The van der Waals surface area contributed by atoms with Crippen molar-refractivity contribution in [2.24, 2.45) is 5.92 Å². The Labute approximate surface area is 184 Å². The van der Waals surface area contributed by atoms with Crippen molar-refractivity contribution in [2.45, 2.75) is 38.0 Å². The van der Waals surface area contributed by atoms with E-state index in [-0.39, 0.29) is 47.9 Å². The predicted octanol–water partition coefficient (Wildman–Crippen LogP) is 1.50. The lowest BCUT2D eigenvalue weighted by molar-refractivity contribution is -0.118. The topological polar surface area (TPSA) is 134 Å². The van der Waals surface area contributed by atoms with Crippen LogP contribution in [-0.2, 0) is 26.9 Å². The molecule has 172 valence electrons. The first-order valence-electron chi connectivity index (χ1n) is 10.3. The summed E-state index contributed by atoms with van der Waals surface area (Å²) in [6, 6.07) is 3.88. The fourth-order valence-corrected chi connectivity index (χ4v) is 5.02. The zero-order valence-electron chi connectivity index (χ0n) is 17.5. The zero-order chi connectivity index (χ0) is 22.9. The van der Waals surface area contributed by atoms with Crippen LogP contribution in [0.25, 0.3) is 0 Å². The molecule has 1 aliphatic carbocycles. The maximum absolute atomic E-state index is 14.0. The molecule has 0 bridgehead atoms. The zero-order valence-corrected chi connectivity index (χ0v) is 18.3. The van der Waals surface area contributed by atoms with Gasteiger partial charge in [-0.25, -0.2) is 22.6 Å². The average molecular weight is 466 g/mol.